The van der Waals surface area contributed by atoms with Crippen LogP contribution < -0.4 is 10.1 Å². The van der Waals surface area contributed by atoms with Crippen molar-refractivity contribution in [1.29, 1.82) is 0 Å². The van der Waals surface area contributed by atoms with Crippen molar-refractivity contribution in [2.24, 2.45) is 0 Å². The van der Waals surface area contributed by atoms with Crippen LogP contribution in [0.15, 0.2) is 36.4 Å². The van der Waals surface area contributed by atoms with E-state index in [2.05, 4.69) is 5.32 Å². The maximum Gasteiger partial charge on any atom is 0.308 e. The van der Waals surface area contributed by atoms with Crippen LogP contribution in [0.3, 0.4) is 0 Å². The Morgan fingerprint density at radius 1 is 1.05 bits per heavy atom. The number of anilines is 1. The van der Waals surface area contributed by atoms with Crippen molar-refractivity contribution in [2.75, 3.05) is 11.9 Å². The van der Waals surface area contributed by atoms with Gasteiger partial charge >= 0.3 is 5.97 Å². The standard InChI is InChI=1S/C16H17NO5/c1-10(18)22-12-3-5-14(19)13(9-12)17-7-6-11-2-4-15(20)16(21)8-11/h2-5,8-9,17,19-21H,6-7H2,1H3. The van der Waals surface area contributed by atoms with Crippen LogP contribution in [0.5, 0.6) is 23.0 Å². The maximum absolute atomic E-state index is 10.9. The van der Waals surface area contributed by atoms with Gasteiger partial charge in [-0.25, -0.2) is 0 Å². The van der Waals surface area contributed by atoms with E-state index in [1.165, 1.54) is 37.3 Å². The second-order valence-electron chi connectivity index (χ2n) is 4.77. The van der Waals surface area contributed by atoms with Crippen LogP contribution >= 0.6 is 0 Å². The number of hydrogen-bond acceptors (Lipinski definition) is 6. The average molecular weight is 303 g/mol. The summed E-state index contributed by atoms with van der Waals surface area (Å²) in [7, 11) is 0. The molecule has 0 aliphatic rings. The maximum atomic E-state index is 10.9. The van der Waals surface area contributed by atoms with E-state index in [1.54, 1.807) is 6.07 Å². The highest BCUT2D eigenvalue weighted by Crippen LogP contribution is 2.28. The van der Waals surface area contributed by atoms with Gasteiger partial charge in [0.2, 0.25) is 0 Å². The van der Waals surface area contributed by atoms with E-state index in [9.17, 15) is 20.1 Å². The Kier molecular flexibility index (Phi) is 4.73. The zero-order chi connectivity index (χ0) is 16.1. The molecule has 0 fully saturated rings. The number of phenolic OH excluding ortho intramolecular Hbond substituents is 3. The molecule has 2 aromatic rings. The second kappa shape index (κ2) is 6.71. The first-order valence-corrected chi connectivity index (χ1v) is 6.72. The molecule has 0 heterocycles. The molecule has 2 rings (SSSR count). The largest absolute Gasteiger partial charge is 0.506 e. The van der Waals surface area contributed by atoms with Gasteiger partial charge in [-0.05, 0) is 36.2 Å². The number of aromatic hydroxyl groups is 3. The number of hydrogen-bond donors (Lipinski definition) is 4. The molecule has 22 heavy (non-hydrogen) atoms. The summed E-state index contributed by atoms with van der Waals surface area (Å²) in [5.41, 5.74) is 1.28. The molecule has 116 valence electrons. The minimum atomic E-state index is -0.434. The van der Waals surface area contributed by atoms with Gasteiger partial charge in [-0.1, -0.05) is 6.07 Å². The van der Waals surface area contributed by atoms with Crippen LogP contribution in [0, 0.1) is 0 Å². The Bertz CT molecular complexity index is 684. The van der Waals surface area contributed by atoms with E-state index >= 15 is 0 Å². The first kappa shape index (κ1) is 15.5. The van der Waals surface area contributed by atoms with Gasteiger partial charge in [0.25, 0.3) is 0 Å². The van der Waals surface area contributed by atoms with Crippen molar-refractivity contribution >= 4 is 11.7 Å². The summed E-state index contributed by atoms with van der Waals surface area (Å²) in [6.45, 7) is 1.79. The smallest absolute Gasteiger partial charge is 0.308 e. The van der Waals surface area contributed by atoms with E-state index < -0.39 is 5.97 Å². The SMILES string of the molecule is CC(=O)Oc1ccc(O)c(NCCc2ccc(O)c(O)c2)c1. The molecule has 0 aliphatic heterocycles. The summed E-state index contributed by atoms with van der Waals surface area (Å²) in [6, 6.07) is 9.07. The van der Waals surface area contributed by atoms with Crippen LogP contribution in [0.25, 0.3) is 0 Å². The Balaban J connectivity index is 1.98. The molecular formula is C16H17NO5. The van der Waals surface area contributed by atoms with Gasteiger partial charge in [-0.2, -0.15) is 0 Å². The lowest BCUT2D eigenvalue weighted by molar-refractivity contribution is -0.131. The van der Waals surface area contributed by atoms with E-state index in [1.807, 2.05) is 0 Å². The normalized spacial score (nSPS) is 10.2. The lowest BCUT2D eigenvalue weighted by Crippen LogP contribution is -2.06. The number of benzene rings is 2. The Morgan fingerprint density at radius 2 is 1.77 bits per heavy atom. The third-order valence-electron chi connectivity index (χ3n) is 3.00. The Labute approximate surface area is 127 Å². The van der Waals surface area contributed by atoms with E-state index in [0.717, 1.165) is 5.56 Å². The van der Waals surface area contributed by atoms with Crippen LogP contribution in [0.2, 0.25) is 0 Å². The molecule has 0 saturated carbocycles. The van der Waals surface area contributed by atoms with Gasteiger partial charge in [0, 0.05) is 19.5 Å². The molecule has 0 saturated heterocycles. The van der Waals surface area contributed by atoms with E-state index in [-0.39, 0.29) is 17.2 Å². The van der Waals surface area contributed by atoms with Crippen molar-refractivity contribution in [2.45, 2.75) is 13.3 Å². The highest BCUT2D eigenvalue weighted by molar-refractivity contribution is 5.70. The monoisotopic (exact) mass is 303 g/mol. The predicted octanol–water partition coefficient (Wildman–Crippen LogP) is 2.38. The van der Waals surface area contributed by atoms with Gasteiger partial charge in [0.15, 0.2) is 11.5 Å². The molecule has 0 radical (unpaired) electrons. The van der Waals surface area contributed by atoms with Crippen LogP contribution in [0.1, 0.15) is 12.5 Å². The lowest BCUT2D eigenvalue weighted by atomic mass is 10.1. The van der Waals surface area contributed by atoms with Crippen LogP contribution in [0.4, 0.5) is 5.69 Å². The molecular weight excluding hydrogens is 286 g/mol. The summed E-state index contributed by atoms with van der Waals surface area (Å²) in [5.74, 6) is -0.378. The molecule has 0 aliphatic carbocycles. The van der Waals surface area contributed by atoms with Crippen molar-refractivity contribution < 1.29 is 24.9 Å². The summed E-state index contributed by atoms with van der Waals surface area (Å²) < 4.78 is 4.95. The molecule has 6 heteroatoms. The molecule has 0 spiro atoms. The van der Waals surface area contributed by atoms with Crippen molar-refractivity contribution in [3.05, 3.63) is 42.0 Å². The molecule has 6 nitrogen and oxygen atoms in total. The van der Waals surface area contributed by atoms with Crippen molar-refractivity contribution in [3.63, 3.8) is 0 Å². The van der Waals surface area contributed by atoms with Gasteiger partial charge in [-0.15, -0.1) is 0 Å². The highest BCUT2D eigenvalue weighted by Gasteiger charge is 2.06. The summed E-state index contributed by atoms with van der Waals surface area (Å²) >= 11 is 0. The van der Waals surface area contributed by atoms with E-state index in [4.69, 9.17) is 4.74 Å². The molecule has 0 unspecified atom stereocenters. The summed E-state index contributed by atoms with van der Waals surface area (Å²) in [6.07, 6.45) is 0.574. The average Bonchev–Trinajstić information content (AvgIpc) is 2.45. The molecule has 0 atom stereocenters. The number of carbonyl (C=O) groups is 1. The molecule has 0 bridgehead atoms. The van der Waals surface area contributed by atoms with Gasteiger partial charge in [0.05, 0.1) is 5.69 Å². The van der Waals surface area contributed by atoms with Gasteiger partial charge in [-0.3, -0.25) is 4.79 Å². The second-order valence-corrected chi connectivity index (χ2v) is 4.77. The Hall–Kier alpha value is -2.89. The number of rotatable bonds is 5. The zero-order valence-corrected chi connectivity index (χ0v) is 12.0. The Morgan fingerprint density at radius 3 is 2.45 bits per heavy atom. The third-order valence-corrected chi connectivity index (χ3v) is 3.00. The fourth-order valence-electron chi connectivity index (χ4n) is 1.95. The van der Waals surface area contributed by atoms with Gasteiger partial charge in [0.1, 0.15) is 11.5 Å². The fourth-order valence-corrected chi connectivity index (χ4v) is 1.95. The molecule has 2 aromatic carbocycles. The highest BCUT2D eigenvalue weighted by atomic mass is 16.5. The van der Waals surface area contributed by atoms with Crippen molar-refractivity contribution in [3.8, 4) is 23.0 Å². The fraction of sp³-hybridized carbons (Fsp3) is 0.188. The zero-order valence-electron chi connectivity index (χ0n) is 12.0. The number of ether oxygens (including phenoxy) is 1. The van der Waals surface area contributed by atoms with Crippen LogP contribution in [-0.2, 0) is 11.2 Å². The first-order valence-electron chi connectivity index (χ1n) is 6.72. The summed E-state index contributed by atoms with van der Waals surface area (Å²) in [4.78, 5) is 10.9. The minimum absolute atomic E-state index is 0.0458. The van der Waals surface area contributed by atoms with Crippen molar-refractivity contribution in [1.82, 2.24) is 0 Å². The number of nitrogens with one attached hydrogen (secondary N) is 1. The molecule has 0 amide bonds. The topological polar surface area (TPSA) is 99.0 Å². The van der Waals surface area contributed by atoms with Gasteiger partial charge < -0.3 is 25.4 Å². The molecule has 4 N–H and O–H groups in total. The van der Waals surface area contributed by atoms with Crippen LogP contribution in [-0.4, -0.2) is 27.8 Å². The molecule has 0 aromatic heterocycles. The number of carbonyl (C=O) groups excluding carboxylic acids is 1. The number of phenols is 3. The minimum Gasteiger partial charge on any atom is -0.506 e. The predicted molar refractivity (Wildman–Crippen MR) is 81.4 cm³/mol. The summed E-state index contributed by atoms with van der Waals surface area (Å²) in [5, 5.41) is 31.5. The third kappa shape index (κ3) is 4.05. The quantitative estimate of drug-likeness (QED) is 0.384. The lowest BCUT2D eigenvalue weighted by Gasteiger charge is -2.10. The first-order chi connectivity index (χ1) is 10.5. The van der Waals surface area contributed by atoms with E-state index in [0.29, 0.717) is 24.4 Å². The number of esters is 1.